The van der Waals surface area contributed by atoms with Crippen LogP contribution in [0.4, 0.5) is 23.7 Å². The Bertz CT molecular complexity index is 566. The Morgan fingerprint density at radius 2 is 1.82 bits per heavy atom. The molecule has 0 spiro atoms. The van der Waals surface area contributed by atoms with Gasteiger partial charge in [-0.15, -0.1) is 0 Å². The zero-order valence-electron chi connectivity index (χ0n) is 12.0. The Morgan fingerprint density at radius 1 is 1.23 bits per heavy atom. The van der Waals surface area contributed by atoms with Gasteiger partial charge in [0, 0.05) is 17.5 Å². The largest absolute Gasteiger partial charge is 0.453 e. The van der Waals surface area contributed by atoms with E-state index in [1.165, 1.54) is 12.1 Å². The van der Waals surface area contributed by atoms with Crippen molar-refractivity contribution >= 4 is 17.7 Å². The first-order chi connectivity index (χ1) is 10.3. The van der Waals surface area contributed by atoms with E-state index < -0.39 is 23.7 Å². The van der Waals surface area contributed by atoms with E-state index in [1.807, 2.05) is 5.32 Å². The number of amides is 2. The van der Waals surface area contributed by atoms with Crippen LogP contribution in [0.5, 0.6) is 0 Å². The molecule has 1 aromatic rings. The first kappa shape index (κ1) is 17.5. The van der Waals surface area contributed by atoms with Crippen molar-refractivity contribution in [3.63, 3.8) is 0 Å². The van der Waals surface area contributed by atoms with Crippen LogP contribution < -0.4 is 10.6 Å². The van der Waals surface area contributed by atoms with Gasteiger partial charge in [-0.05, 0) is 30.7 Å². The molecule has 2 amide bonds. The third kappa shape index (κ3) is 5.47. The number of benzene rings is 1. The van der Waals surface area contributed by atoms with Crippen molar-refractivity contribution in [3.05, 3.63) is 41.6 Å². The molecule has 0 radical (unpaired) electrons. The Kier molecular flexibility index (Phi) is 5.97. The van der Waals surface area contributed by atoms with Crippen LogP contribution in [0, 0.1) is 0 Å². The fraction of sp³-hybridized carbons (Fsp3) is 0.286. The number of nitrogens with one attached hydrogen (secondary N) is 2. The standard InChI is InChI=1S/C14H15F3N2O3/c1-3-10(8-12(20)19-13(21)22-2)18-11-6-4-9(5-7-11)14(15,16)17/h4-8,18H,3H2,1-2H3,(H,19,20,21)/b10-8+. The Balaban J connectivity index is 2.77. The fourth-order valence-corrected chi connectivity index (χ4v) is 1.50. The molecule has 0 saturated heterocycles. The molecule has 0 saturated carbocycles. The predicted molar refractivity (Wildman–Crippen MR) is 74.0 cm³/mol. The lowest BCUT2D eigenvalue weighted by atomic mass is 10.2. The molecule has 0 bridgehead atoms. The van der Waals surface area contributed by atoms with Gasteiger partial charge in [-0.3, -0.25) is 10.1 Å². The van der Waals surface area contributed by atoms with E-state index in [4.69, 9.17) is 0 Å². The minimum atomic E-state index is -4.40. The number of anilines is 1. The van der Waals surface area contributed by atoms with Gasteiger partial charge in [-0.1, -0.05) is 6.92 Å². The van der Waals surface area contributed by atoms with E-state index in [0.29, 0.717) is 17.8 Å². The number of imide groups is 1. The molecule has 0 unspecified atom stereocenters. The lowest BCUT2D eigenvalue weighted by Gasteiger charge is -2.11. The van der Waals surface area contributed by atoms with Crippen LogP contribution in [0.15, 0.2) is 36.0 Å². The topological polar surface area (TPSA) is 67.4 Å². The highest BCUT2D eigenvalue weighted by Gasteiger charge is 2.29. The summed E-state index contributed by atoms with van der Waals surface area (Å²) in [7, 11) is 1.12. The lowest BCUT2D eigenvalue weighted by molar-refractivity contribution is -0.137. The number of allylic oxidation sites excluding steroid dienone is 1. The molecule has 0 aliphatic carbocycles. The van der Waals surface area contributed by atoms with Crippen LogP contribution in [-0.2, 0) is 15.7 Å². The van der Waals surface area contributed by atoms with E-state index in [2.05, 4.69) is 10.1 Å². The number of hydrogen-bond donors (Lipinski definition) is 2. The number of carbonyl (C=O) groups is 2. The van der Waals surface area contributed by atoms with Crippen molar-refractivity contribution in [3.8, 4) is 0 Å². The summed E-state index contributed by atoms with van der Waals surface area (Å²) < 4.78 is 41.6. The number of halogens is 3. The monoisotopic (exact) mass is 316 g/mol. The van der Waals surface area contributed by atoms with Gasteiger partial charge in [0.1, 0.15) is 0 Å². The van der Waals surface area contributed by atoms with Crippen LogP contribution in [-0.4, -0.2) is 19.1 Å². The highest BCUT2D eigenvalue weighted by molar-refractivity contribution is 5.99. The van der Waals surface area contributed by atoms with Crippen LogP contribution >= 0.6 is 0 Å². The van der Waals surface area contributed by atoms with E-state index >= 15 is 0 Å². The van der Waals surface area contributed by atoms with Crippen molar-refractivity contribution in [1.29, 1.82) is 0 Å². The maximum absolute atomic E-state index is 12.4. The van der Waals surface area contributed by atoms with Gasteiger partial charge < -0.3 is 10.1 Å². The maximum atomic E-state index is 12.4. The number of alkyl carbamates (subject to hydrolysis) is 1. The summed E-state index contributed by atoms with van der Waals surface area (Å²) in [6.07, 6.45) is -3.75. The average molecular weight is 316 g/mol. The molecule has 0 aliphatic rings. The second-order valence-corrected chi connectivity index (χ2v) is 4.20. The minimum absolute atomic E-state index is 0.395. The van der Waals surface area contributed by atoms with E-state index in [-0.39, 0.29) is 0 Å². The van der Waals surface area contributed by atoms with Gasteiger partial charge in [0.2, 0.25) is 0 Å². The quantitative estimate of drug-likeness (QED) is 0.837. The predicted octanol–water partition coefficient (Wildman–Crippen LogP) is 3.29. The number of methoxy groups -OCH3 is 1. The molecule has 8 heteroatoms. The Labute approximate surface area is 125 Å². The second kappa shape index (κ2) is 7.48. The van der Waals surface area contributed by atoms with Gasteiger partial charge in [0.15, 0.2) is 0 Å². The lowest BCUT2D eigenvalue weighted by Crippen LogP contribution is -2.29. The number of alkyl halides is 3. The van der Waals surface area contributed by atoms with Crippen LogP contribution in [0.25, 0.3) is 0 Å². The molecule has 1 aromatic carbocycles. The molecule has 1 rings (SSSR count). The van der Waals surface area contributed by atoms with Crippen molar-refractivity contribution in [2.24, 2.45) is 0 Å². The molecule has 5 nitrogen and oxygen atoms in total. The van der Waals surface area contributed by atoms with E-state index in [0.717, 1.165) is 25.3 Å². The Morgan fingerprint density at radius 3 is 2.27 bits per heavy atom. The van der Waals surface area contributed by atoms with Gasteiger partial charge in [0.05, 0.1) is 12.7 Å². The van der Waals surface area contributed by atoms with Crippen molar-refractivity contribution in [2.75, 3.05) is 12.4 Å². The first-order valence-corrected chi connectivity index (χ1v) is 6.30. The maximum Gasteiger partial charge on any atom is 0.416 e. The molecular weight excluding hydrogens is 301 g/mol. The normalized spacial score (nSPS) is 11.8. The zero-order valence-corrected chi connectivity index (χ0v) is 12.0. The average Bonchev–Trinajstić information content (AvgIpc) is 2.45. The minimum Gasteiger partial charge on any atom is -0.453 e. The van der Waals surface area contributed by atoms with Crippen molar-refractivity contribution < 1.29 is 27.5 Å². The highest BCUT2D eigenvalue weighted by Crippen LogP contribution is 2.30. The molecule has 2 N–H and O–H groups in total. The molecule has 0 heterocycles. The number of carbonyl (C=O) groups excluding carboxylic acids is 2. The van der Waals surface area contributed by atoms with Crippen molar-refractivity contribution in [1.82, 2.24) is 5.32 Å². The molecular formula is C14H15F3N2O3. The molecule has 22 heavy (non-hydrogen) atoms. The zero-order chi connectivity index (χ0) is 16.8. The number of ether oxygens (including phenoxy) is 1. The number of rotatable bonds is 4. The van der Waals surface area contributed by atoms with Crippen molar-refractivity contribution in [2.45, 2.75) is 19.5 Å². The molecule has 120 valence electrons. The number of hydrogen-bond acceptors (Lipinski definition) is 4. The summed E-state index contributed by atoms with van der Waals surface area (Å²) in [6.45, 7) is 1.74. The third-order valence-electron chi connectivity index (χ3n) is 2.61. The Hall–Kier alpha value is -2.51. The fourth-order valence-electron chi connectivity index (χ4n) is 1.50. The molecule has 0 aromatic heterocycles. The smallest absolute Gasteiger partial charge is 0.416 e. The second-order valence-electron chi connectivity index (χ2n) is 4.20. The van der Waals surface area contributed by atoms with E-state index in [1.54, 1.807) is 6.92 Å². The summed E-state index contributed by atoms with van der Waals surface area (Å²) in [5.41, 5.74) is 0.0663. The first-order valence-electron chi connectivity index (χ1n) is 6.30. The van der Waals surface area contributed by atoms with Gasteiger partial charge in [-0.25, -0.2) is 4.79 Å². The summed E-state index contributed by atoms with van der Waals surface area (Å²) in [6, 6.07) is 4.38. The van der Waals surface area contributed by atoms with Crippen LogP contribution in [0.1, 0.15) is 18.9 Å². The molecule has 0 atom stereocenters. The van der Waals surface area contributed by atoms with Gasteiger partial charge >= 0.3 is 12.3 Å². The SMILES string of the molecule is CC/C(=C\C(=O)NC(=O)OC)Nc1ccc(C(F)(F)F)cc1. The summed E-state index contributed by atoms with van der Waals surface area (Å²) in [4.78, 5) is 22.4. The molecule has 0 fully saturated rings. The summed E-state index contributed by atoms with van der Waals surface area (Å²) in [5.74, 6) is -0.692. The molecule has 0 aliphatic heterocycles. The third-order valence-corrected chi connectivity index (χ3v) is 2.61. The van der Waals surface area contributed by atoms with Crippen LogP contribution in [0.2, 0.25) is 0 Å². The highest BCUT2D eigenvalue weighted by atomic mass is 19.4. The summed E-state index contributed by atoms with van der Waals surface area (Å²) >= 11 is 0. The van der Waals surface area contributed by atoms with E-state index in [9.17, 15) is 22.8 Å². The summed E-state index contributed by atoms with van der Waals surface area (Å²) in [5, 5.41) is 4.75. The van der Waals surface area contributed by atoms with Crippen LogP contribution in [0.3, 0.4) is 0 Å². The van der Waals surface area contributed by atoms with Gasteiger partial charge in [-0.2, -0.15) is 13.2 Å². The van der Waals surface area contributed by atoms with Gasteiger partial charge in [0.25, 0.3) is 5.91 Å².